The Hall–Kier alpha value is -2.92. The number of aromatic nitrogens is 2. The Labute approximate surface area is 158 Å². The highest BCUT2D eigenvalue weighted by molar-refractivity contribution is 5.94. The van der Waals surface area contributed by atoms with Crippen molar-refractivity contribution in [2.75, 3.05) is 13.1 Å². The number of likely N-dealkylation sites (tertiary alicyclic amines) is 1. The molecule has 5 heteroatoms. The monoisotopic (exact) mass is 358 g/mol. The average Bonchev–Trinajstić information content (AvgIpc) is 3.34. The van der Waals surface area contributed by atoms with Crippen LogP contribution in [-0.2, 0) is 13.1 Å². The number of carbonyl (C=O) groups is 1. The van der Waals surface area contributed by atoms with Crippen molar-refractivity contribution in [3.05, 3.63) is 90.0 Å². The summed E-state index contributed by atoms with van der Waals surface area (Å²) >= 11 is 0. The number of carbonyl (C=O) groups excluding carboxylic acids is 1. The molecule has 4 heterocycles. The molecule has 0 bridgehead atoms. The summed E-state index contributed by atoms with van der Waals surface area (Å²) in [5.74, 6) is 0.129. The molecule has 1 aromatic carbocycles. The van der Waals surface area contributed by atoms with Gasteiger partial charge in [-0.05, 0) is 29.8 Å². The Balaban J connectivity index is 1.44. The predicted molar refractivity (Wildman–Crippen MR) is 103 cm³/mol. The van der Waals surface area contributed by atoms with Gasteiger partial charge in [0.2, 0.25) is 0 Å². The van der Waals surface area contributed by atoms with E-state index in [9.17, 15) is 4.79 Å². The Morgan fingerprint density at radius 3 is 2.52 bits per heavy atom. The number of amides is 1. The van der Waals surface area contributed by atoms with Gasteiger partial charge in [-0.3, -0.25) is 14.7 Å². The van der Waals surface area contributed by atoms with Crippen molar-refractivity contribution in [1.82, 2.24) is 19.4 Å². The fourth-order valence-corrected chi connectivity index (χ4v) is 4.41. The molecule has 2 atom stereocenters. The van der Waals surface area contributed by atoms with Gasteiger partial charge in [0.25, 0.3) is 5.91 Å². The molecule has 1 amide bonds. The maximum absolute atomic E-state index is 13.2. The van der Waals surface area contributed by atoms with Crippen molar-refractivity contribution in [1.29, 1.82) is 0 Å². The second-order valence-corrected chi connectivity index (χ2v) is 7.37. The zero-order chi connectivity index (χ0) is 18.2. The summed E-state index contributed by atoms with van der Waals surface area (Å²) in [6.45, 7) is 3.28. The molecule has 3 aromatic rings. The molecule has 1 saturated heterocycles. The summed E-state index contributed by atoms with van der Waals surface area (Å²) in [4.78, 5) is 22.1. The molecular weight excluding hydrogens is 336 g/mol. The Bertz CT molecular complexity index is 937. The van der Waals surface area contributed by atoms with Gasteiger partial charge in [0, 0.05) is 38.6 Å². The molecular formula is C22H22N4O. The molecule has 0 N–H and O–H groups in total. The standard InChI is InChI=1S/C22H22N4O/c27-22-19-10-6-12-25(19)20-15-24(14-18-9-4-5-11-23-18)16-21(20)26(22)13-17-7-2-1-3-8-17/h1-12,20-21H,13-16H2/t20-,21-/m1/s1. The van der Waals surface area contributed by atoms with Crippen molar-refractivity contribution >= 4 is 5.91 Å². The largest absolute Gasteiger partial charge is 0.337 e. The summed E-state index contributed by atoms with van der Waals surface area (Å²) in [7, 11) is 0. The van der Waals surface area contributed by atoms with Crippen LogP contribution in [0.1, 0.15) is 27.8 Å². The Kier molecular flexibility index (Phi) is 4.02. The fourth-order valence-electron chi connectivity index (χ4n) is 4.41. The zero-order valence-electron chi connectivity index (χ0n) is 15.1. The van der Waals surface area contributed by atoms with Crippen molar-refractivity contribution in [2.45, 2.75) is 25.2 Å². The topological polar surface area (TPSA) is 41.4 Å². The lowest BCUT2D eigenvalue weighted by Crippen LogP contribution is -2.49. The van der Waals surface area contributed by atoms with E-state index in [4.69, 9.17) is 0 Å². The summed E-state index contributed by atoms with van der Waals surface area (Å²) in [5.41, 5.74) is 3.05. The minimum absolute atomic E-state index is 0.129. The lowest BCUT2D eigenvalue weighted by molar-refractivity contribution is 0.0556. The first kappa shape index (κ1) is 16.3. The number of pyridine rings is 1. The van der Waals surface area contributed by atoms with E-state index in [0.29, 0.717) is 12.6 Å². The third kappa shape index (κ3) is 2.94. The van der Waals surface area contributed by atoms with Gasteiger partial charge in [-0.15, -0.1) is 0 Å². The van der Waals surface area contributed by atoms with E-state index < -0.39 is 0 Å². The van der Waals surface area contributed by atoms with E-state index in [-0.39, 0.29) is 11.9 Å². The van der Waals surface area contributed by atoms with Crippen LogP contribution in [0.5, 0.6) is 0 Å². The number of rotatable bonds is 4. The minimum Gasteiger partial charge on any atom is -0.337 e. The van der Waals surface area contributed by atoms with Crippen LogP contribution in [0.15, 0.2) is 73.1 Å². The van der Waals surface area contributed by atoms with Gasteiger partial charge in [0.15, 0.2) is 0 Å². The molecule has 0 saturated carbocycles. The Morgan fingerprint density at radius 2 is 1.70 bits per heavy atom. The van der Waals surface area contributed by atoms with Crippen molar-refractivity contribution in [3.8, 4) is 0 Å². The second kappa shape index (κ2) is 6.67. The fraction of sp³-hybridized carbons (Fsp3) is 0.273. The highest BCUT2D eigenvalue weighted by atomic mass is 16.2. The summed E-state index contributed by atoms with van der Waals surface area (Å²) < 4.78 is 2.17. The van der Waals surface area contributed by atoms with Gasteiger partial charge in [0.1, 0.15) is 5.69 Å². The number of benzene rings is 1. The van der Waals surface area contributed by atoms with E-state index >= 15 is 0 Å². The number of hydrogen-bond acceptors (Lipinski definition) is 3. The molecule has 136 valence electrons. The van der Waals surface area contributed by atoms with Gasteiger partial charge >= 0.3 is 0 Å². The van der Waals surface area contributed by atoms with Gasteiger partial charge in [-0.2, -0.15) is 0 Å². The van der Waals surface area contributed by atoms with Gasteiger partial charge < -0.3 is 9.47 Å². The Morgan fingerprint density at radius 1 is 0.889 bits per heavy atom. The first-order valence-electron chi connectivity index (χ1n) is 9.43. The molecule has 5 rings (SSSR count). The maximum atomic E-state index is 13.2. The molecule has 5 nitrogen and oxygen atoms in total. The van der Waals surface area contributed by atoms with Crippen LogP contribution < -0.4 is 0 Å². The smallest absolute Gasteiger partial charge is 0.271 e. The highest BCUT2D eigenvalue weighted by Gasteiger charge is 2.44. The maximum Gasteiger partial charge on any atom is 0.271 e. The van der Waals surface area contributed by atoms with Gasteiger partial charge in [0.05, 0.1) is 17.8 Å². The molecule has 0 unspecified atom stereocenters. The van der Waals surface area contributed by atoms with E-state index in [0.717, 1.165) is 31.0 Å². The third-order valence-corrected chi connectivity index (χ3v) is 5.66. The predicted octanol–water partition coefficient (Wildman–Crippen LogP) is 2.96. The lowest BCUT2D eigenvalue weighted by atomic mass is 10.0. The molecule has 0 aliphatic carbocycles. The normalized spacial score (nSPS) is 21.9. The second-order valence-electron chi connectivity index (χ2n) is 7.37. The zero-order valence-corrected chi connectivity index (χ0v) is 15.1. The molecule has 27 heavy (non-hydrogen) atoms. The number of hydrogen-bond donors (Lipinski definition) is 0. The number of fused-ring (bicyclic) bond motifs is 3. The van der Waals surface area contributed by atoms with Crippen LogP contribution in [0.4, 0.5) is 0 Å². The summed E-state index contributed by atoms with van der Waals surface area (Å²) in [6, 6.07) is 20.7. The third-order valence-electron chi connectivity index (χ3n) is 5.66. The van der Waals surface area contributed by atoms with Crippen LogP contribution in [-0.4, -0.2) is 44.4 Å². The first-order chi connectivity index (χ1) is 13.3. The van der Waals surface area contributed by atoms with E-state index in [1.165, 1.54) is 5.56 Å². The van der Waals surface area contributed by atoms with Crippen LogP contribution in [0.2, 0.25) is 0 Å². The van der Waals surface area contributed by atoms with Gasteiger partial charge in [-0.1, -0.05) is 36.4 Å². The highest BCUT2D eigenvalue weighted by Crippen LogP contribution is 2.35. The molecule has 1 fully saturated rings. The summed E-state index contributed by atoms with van der Waals surface area (Å²) in [6.07, 6.45) is 3.89. The van der Waals surface area contributed by atoms with E-state index in [1.54, 1.807) is 0 Å². The van der Waals surface area contributed by atoms with Crippen molar-refractivity contribution in [3.63, 3.8) is 0 Å². The molecule has 0 radical (unpaired) electrons. The SMILES string of the molecule is O=C1c2cccn2[C@@H]2CN(Cc3ccccn3)C[C@H]2N1Cc1ccccc1. The van der Waals surface area contributed by atoms with Crippen LogP contribution >= 0.6 is 0 Å². The van der Waals surface area contributed by atoms with Crippen molar-refractivity contribution < 1.29 is 4.79 Å². The summed E-state index contributed by atoms with van der Waals surface area (Å²) in [5, 5.41) is 0. The first-order valence-corrected chi connectivity index (χ1v) is 9.43. The molecule has 0 spiro atoms. The minimum atomic E-state index is 0.129. The molecule has 2 aliphatic rings. The van der Waals surface area contributed by atoms with Gasteiger partial charge in [-0.25, -0.2) is 0 Å². The molecule has 2 aromatic heterocycles. The average molecular weight is 358 g/mol. The van der Waals surface area contributed by atoms with Crippen LogP contribution in [0, 0.1) is 0 Å². The number of nitrogens with zero attached hydrogens (tertiary/aromatic N) is 4. The quantitative estimate of drug-likeness (QED) is 0.720. The van der Waals surface area contributed by atoms with E-state index in [1.807, 2.05) is 48.7 Å². The van der Waals surface area contributed by atoms with Crippen LogP contribution in [0.3, 0.4) is 0 Å². The molecule has 2 aliphatic heterocycles. The van der Waals surface area contributed by atoms with E-state index in [2.05, 4.69) is 43.7 Å². The van der Waals surface area contributed by atoms with Crippen molar-refractivity contribution in [2.24, 2.45) is 0 Å². The van der Waals surface area contributed by atoms with Crippen LogP contribution in [0.25, 0.3) is 0 Å². The lowest BCUT2D eigenvalue weighted by Gasteiger charge is -2.38.